The highest BCUT2D eigenvalue weighted by molar-refractivity contribution is 4.85. The Morgan fingerprint density at radius 3 is 2.69 bits per heavy atom. The molecule has 0 radical (unpaired) electrons. The largest absolute Gasteiger partial charge is 0.378 e. The average molecular weight is 225 g/mol. The van der Waals surface area contributed by atoms with Gasteiger partial charge in [-0.15, -0.1) is 0 Å². The van der Waals surface area contributed by atoms with Crippen LogP contribution in [-0.2, 0) is 4.74 Å². The van der Waals surface area contributed by atoms with E-state index in [1.807, 2.05) is 0 Å². The molecule has 1 N–H and O–H groups in total. The van der Waals surface area contributed by atoms with Gasteiger partial charge in [-0.2, -0.15) is 0 Å². The van der Waals surface area contributed by atoms with Gasteiger partial charge in [0.1, 0.15) is 0 Å². The number of rotatable bonds is 5. The lowest BCUT2D eigenvalue weighted by Crippen LogP contribution is -2.34. The second-order valence-corrected chi connectivity index (χ2v) is 5.49. The van der Waals surface area contributed by atoms with E-state index in [0.717, 1.165) is 25.0 Å². The van der Waals surface area contributed by atoms with E-state index in [1.165, 1.54) is 51.5 Å². The fourth-order valence-corrected chi connectivity index (χ4v) is 3.32. The van der Waals surface area contributed by atoms with Crippen LogP contribution < -0.4 is 5.32 Å². The number of ether oxygens (including phenoxy) is 1. The van der Waals surface area contributed by atoms with Gasteiger partial charge in [-0.05, 0) is 38.1 Å². The number of hydrogen-bond acceptors (Lipinski definition) is 2. The van der Waals surface area contributed by atoms with E-state index in [1.54, 1.807) is 0 Å². The van der Waals surface area contributed by atoms with Crippen molar-refractivity contribution < 1.29 is 4.74 Å². The molecule has 1 aliphatic heterocycles. The third kappa shape index (κ3) is 3.21. The lowest BCUT2D eigenvalue weighted by atomic mass is 9.80. The summed E-state index contributed by atoms with van der Waals surface area (Å²) in [6.45, 7) is 5.57. The molecule has 0 aromatic rings. The maximum atomic E-state index is 6.00. The van der Waals surface area contributed by atoms with Crippen LogP contribution >= 0.6 is 0 Å². The first-order valence-electron chi connectivity index (χ1n) is 7.24. The van der Waals surface area contributed by atoms with Gasteiger partial charge in [0.2, 0.25) is 0 Å². The van der Waals surface area contributed by atoms with Crippen LogP contribution in [0.3, 0.4) is 0 Å². The van der Waals surface area contributed by atoms with Gasteiger partial charge in [0.25, 0.3) is 0 Å². The van der Waals surface area contributed by atoms with Crippen LogP contribution in [0.4, 0.5) is 0 Å². The van der Waals surface area contributed by atoms with Gasteiger partial charge in [-0.1, -0.05) is 26.2 Å². The van der Waals surface area contributed by atoms with E-state index in [4.69, 9.17) is 4.74 Å². The Hall–Kier alpha value is -0.0800. The molecule has 0 aromatic carbocycles. The van der Waals surface area contributed by atoms with Crippen molar-refractivity contribution in [3.63, 3.8) is 0 Å². The smallest absolute Gasteiger partial charge is 0.0644 e. The number of hydrogen-bond donors (Lipinski definition) is 1. The second kappa shape index (κ2) is 6.61. The van der Waals surface area contributed by atoms with Crippen LogP contribution in [0.1, 0.15) is 51.9 Å². The van der Waals surface area contributed by atoms with Crippen molar-refractivity contribution in [1.82, 2.24) is 5.32 Å². The van der Waals surface area contributed by atoms with Crippen molar-refractivity contribution in [2.45, 2.75) is 58.0 Å². The Morgan fingerprint density at radius 2 is 1.94 bits per heavy atom. The second-order valence-electron chi connectivity index (χ2n) is 5.49. The van der Waals surface area contributed by atoms with Crippen molar-refractivity contribution >= 4 is 0 Å². The molecule has 0 aromatic heterocycles. The first-order chi connectivity index (χ1) is 7.92. The predicted octanol–water partition coefficient (Wildman–Crippen LogP) is 2.97. The molecule has 0 spiro atoms. The van der Waals surface area contributed by atoms with Crippen molar-refractivity contribution in [3.05, 3.63) is 0 Å². The zero-order chi connectivity index (χ0) is 11.2. The topological polar surface area (TPSA) is 21.3 Å². The van der Waals surface area contributed by atoms with Crippen molar-refractivity contribution in [3.8, 4) is 0 Å². The predicted molar refractivity (Wildman–Crippen MR) is 67.6 cm³/mol. The van der Waals surface area contributed by atoms with Gasteiger partial charge in [0.15, 0.2) is 0 Å². The van der Waals surface area contributed by atoms with Crippen molar-refractivity contribution in [2.75, 3.05) is 19.7 Å². The minimum atomic E-state index is 0.574. The first-order valence-corrected chi connectivity index (χ1v) is 7.24. The third-order valence-corrected chi connectivity index (χ3v) is 4.21. The van der Waals surface area contributed by atoms with Crippen LogP contribution in [0, 0.1) is 11.8 Å². The van der Waals surface area contributed by atoms with Crippen LogP contribution in [0.5, 0.6) is 0 Å². The highest BCUT2D eigenvalue weighted by Crippen LogP contribution is 2.35. The SMILES string of the molecule is CCCNCC1CCOC1C1CCCCC1. The summed E-state index contributed by atoms with van der Waals surface area (Å²) in [5, 5.41) is 3.57. The molecule has 1 aliphatic carbocycles. The molecule has 0 amide bonds. The van der Waals surface area contributed by atoms with Crippen LogP contribution in [0.2, 0.25) is 0 Å². The van der Waals surface area contributed by atoms with E-state index in [9.17, 15) is 0 Å². The lowest BCUT2D eigenvalue weighted by Gasteiger charge is -2.30. The van der Waals surface area contributed by atoms with E-state index in [-0.39, 0.29) is 0 Å². The molecule has 2 nitrogen and oxygen atoms in total. The molecule has 2 aliphatic rings. The van der Waals surface area contributed by atoms with Gasteiger partial charge >= 0.3 is 0 Å². The molecule has 2 fully saturated rings. The van der Waals surface area contributed by atoms with Gasteiger partial charge < -0.3 is 10.1 Å². The highest BCUT2D eigenvalue weighted by Gasteiger charge is 2.34. The zero-order valence-electron chi connectivity index (χ0n) is 10.7. The third-order valence-electron chi connectivity index (χ3n) is 4.21. The van der Waals surface area contributed by atoms with E-state index in [0.29, 0.717) is 6.10 Å². The normalized spacial score (nSPS) is 32.1. The van der Waals surface area contributed by atoms with Gasteiger partial charge in [-0.3, -0.25) is 0 Å². The molecule has 16 heavy (non-hydrogen) atoms. The Balaban J connectivity index is 1.77. The zero-order valence-corrected chi connectivity index (χ0v) is 10.7. The first kappa shape index (κ1) is 12.4. The molecule has 2 unspecified atom stereocenters. The molecule has 2 heteroatoms. The monoisotopic (exact) mass is 225 g/mol. The Labute approximate surface area is 100 Å². The molecule has 94 valence electrons. The fourth-order valence-electron chi connectivity index (χ4n) is 3.32. The van der Waals surface area contributed by atoms with Crippen LogP contribution in [0.15, 0.2) is 0 Å². The maximum absolute atomic E-state index is 6.00. The molecule has 1 saturated carbocycles. The average Bonchev–Trinajstić information content (AvgIpc) is 2.79. The summed E-state index contributed by atoms with van der Waals surface area (Å²) in [6.07, 6.45) is 10.2. The highest BCUT2D eigenvalue weighted by atomic mass is 16.5. The van der Waals surface area contributed by atoms with Crippen molar-refractivity contribution in [2.24, 2.45) is 11.8 Å². The Morgan fingerprint density at radius 1 is 1.12 bits per heavy atom. The molecular formula is C14H27NO. The Bertz CT molecular complexity index is 189. The maximum Gasteiger partial charge on any atom is 0.0644 e. The summed E-state index contributed by atoms with van der Waals surface area (Å²) in [4.78, 5) is 0. The molecule has 1 saturated heterocycles. The minimum absolute atomic E-state index is 0.574. The van der Waals surface area contributed by atoms with Gasteiger partial charge in [-0.25, -0.2) is 0 Å². The Kier molecular flexibility index (Phi) is 5.11. The summed E-state index contributed by atoms with van der Waals surface area (Å²) in [5.41, 5.74) is 0. The van der Waals surface area contributed by atoms with Crippen molar-refractivity contribution in [1.29, 1.82) is 0 Å². The molecular weight excluding hydrogens is 198 g/mol. The van der Waals surface area contributed by atoms with Crippen LogP contribution in [-0.4, -0.2) is 25.8 Å². The summed E-state index contributed by atoms with van der Waals surface area (Å²) in [5.74, 6) is 1.65. The fraction of sp³-hybridized carbons (Fsp3) is 1.00. The van der Waals surface area contributed by atoms with Gasteiger partial charge in [0.05, 0.1) is 6.10 Å². The molecule has 0 bridgehead atoms. The van der Waals surface area contributed by atoms with E-state index >= 15 is 0 Å². The van der Waals surface area contributed by atoms with Crippen LogP contribution in [0.25, 0.3) is 0 Å². The van der Waals surface area contributed by atoms with E-state index < -0.39 is 0 Å². The minimum Gasteiger partial charge on any atom is -0.378 e. The standard InChI is InChI=1S/C14H27NO/c1-2-9-15-11-13-8-10-16-14(13)12-6-4-3-5-7-12/h12-15H,2-11H2,1H3. The molecule has 2 atom stereocenters. The lowest BCUT2D eigenvalue weighted by molar-refractivity contribution is 0.0269. The summed E-state index contributed by atoms with van der Waals surface area (Å²) in [7, 11) is 0. The molecule has 2 rings (SSSR count). The van der Waals surface area contributed by atoms with Gasteiger partial charge in [0, 0.05) is 19.1 Å². The van der Waals surface area contributed by atoms with E-state index in [2.05, 4.69) is 12.2 Å². The molecule has 1 heterocycles. The summed E-state index contributed by atoms with van der Waals surface area (Å²) >= 11 is 0. The number of nitrogens with one attached hydrogen (secondary N) is 1. The summed E-state index contributed by atoms with van der Waals surface area (Å²) in [6, 6.07) is 0. The summed E-state index contributed by atoms with van der Waals surface area (Å²) < 4.78 is 6.00. The quantitative estimate of drug-likeness (QED) is 0.726.